The van der Waals surface area contributed by atoms with Crippen molar-refractivity contribution < 1.29 is 9.53 Å². The van der Waals surface area contributed by atoms with Gasteiger partial charge >= 0.3 is 0 Å². The van der Waals surface area contributed by atoms with Gasteiger partial charge in [0, 0.05) is 17.8 Å². The van der Waals surface area contributed by atoms with Gasteiger partial charge in [-0.25, -0.2) is 0 Å². The van der Waals surface area contributed by atoms with E-state index in [9.17, 15) is 4.79 Å². The fourth-order valence-electron chi connectivity index (χ4n) is 3.30. The maximum Gasteiger partial charge on any atom is 0.255 e. The van der Waals surface area contributed by atoms with Gasteiger partial charge in [-0.05, 0) is 53.9 Å². The molecule has 2 heterocycles. The third-order valence-electron chi connectivity index (χ3n) is 4.88. The molecule has 0 unspecified atom stereocenters. The Morgan fingerprint density at radius 3 is 2.74 bits per heavy atom. The summed E-state index contributed by atoms with van der Waals surface area (Å²) in [6.07, 6.45) is 2.86. The number of nitrogens with one attached hydrogen (secondary N) is 2. The van der Waals surface area contributed by atoms with Crippen molar-refractivity contribution in [2.45, 2.75) is 13.0 Å². The standard InChI is InChI=1S/C21H24N4O2/c26-21(24-20-6-5-17-7-8-22-15-19(17)13-20)18-3-1-16(2-4-18)14-23-25-9-11-27-12-10-25/h1-6,13-14,22H,7-12,15H2,(H,24,26). The van der Waals surface area contributed by atoms with Gasteiger partial charge in [-0.2, -0.15) is 5.10 Å². The minimum absolute atomic E-state index is 0.101. The molecule has 2 aromatic rings. The van der Waals surface area contributed by atoms with E-state index in [1.807, 2.05) is 41.6 Å². The average Bonchev–Trinajstić information content (AvgIpc) is 2.73. The van der Waals surface area contributed by atoms with E-state index in [-0.39, 0.29) is 5.91 Å². The van der Waals surface area contributed by atoms with Gasteiger partial charge in [-0.3, -0.25) is 9.80 Å². The van der Waals surface area contributed by atoms with Crippen LogP contribution in [0.4, 0.5) is 5.69 Å². The maximum atomic E-state index is 12.5. The summed E-state index contributed by atoms with van der Waals surface area (Å²) < 4.78 is 5.31. The number of carbonyl (C=O) groups is 1. The predicted octanol–water partition coefficient (Wildman–Crippen LogP) is 2.25. The van der Waals surface area contributed by atoms with Crippen LogP contribution < -0.4 is 10.6 Å². The number of hydrogen-bond donors (Lipinski definition) is 2. The van der Waals surface area contributed by atoms with Gasteiger partial charge in [0.1, 0.15) is 0 Å². The highest BCUT2D eigenvalue weighted by molar-refractivity contribution is 6.04. The molecule has 1 saturated heterocycles. The third-order valence-corrected chi connectivity index (χ3v) is 4.88. The summed E-state index contributed by atoms with van der Waals surface area (Å²) in [6, 6.07) is 13.6. The first-order chi connectivity index (χ1) is 13.3. The number of amides is 1. The van der Waals surface area contributed by atoms with Gasteiger partial charge in [0.15, 0.2) is 0 Å². The number of benzene rings is 2. The van der Waals surface area contributed by atoms with Crippen molar-refractivity contribution in [2.75, 3.05) is 38.2 Å². The maximum absolute atomic E-state index is 12.5. The van der Waals surface area contributed by atoms with Crippen LogP contribution >= 0.6 is 0 Å². The minimum Gasteiger partial charge on any atom is -0.378 e. The second-order valence-corrected chi connectivity index (χ2v) is 6.80. The number of carbonyl (C=O) groups excluding carboxylic acids is 1. The SMILES string of the molecule is O=C(Nc1ccc2c(c1)CNCC2)c1ccc(C=NN2CCOCC2)cc1. The fraction of sp³-hybridized carbons (Fsp3) is 0.333. The molecule has 0 radical (unpaired) electrons. The van der Waals surface area contributed by atoms with E-state index in [0.717, 1.165) is 57.1 Å². The van der Waals surface area contributed by atoms with Crippen LogP contribution in [0.5, 0.6) is 0 Å². The first-order valence-electron chi connectivity index (χ1n) is 9.38. The molecule has 0 aromatic heterocycles. The summed E-state index contributed by atoms with van der Waals surface area (Å²) in [5.74, 6) is -0.101. The van der Waals surface area contributed by atoms with Crippen LogP contribution in [0.15, 0.2) is 47.6 Å². The van der Waals surface area contributed by atoms with Crippen LogP contribution in [0, 0.1) is 0 Å². The zero-order chi connectivity index (χ0) is 18.5. The largest absolute Gasteiger partial charge is 0.378 e. The normalized spacial score (nSPS) is 17.0. The topological polar surface area (TPSA) is 66.0 Å². The smallest absolute Gasteiger partial charge is 0.255 e. The van der Waals surface area contributed by atoms with E-state index >= 15 is 0 Å². The monoisotopic (exact) mass is 364 g/mol. The van der Waals surface area contributed by atoms with Crippen molar-refractivity contribution in [3.63, 3.8) is 0 Å². The van der Waals surface area contributed by atoms with Crippen LogP contribution in [-0.4, -0.2) is 50.0 Å². The van der Waals surface area contributed by atoms with Crippen molar-refractivity contribution in [3.8, 4) is 0 Å². The van der Waals surface area contributed by atoms with E-state index in [0.29, 0.717) is 5.56 Å². The molecule has 2 aliphatic heterocycles. The number of morpholine rings is 1. The zero-order valence-corrected chi connectivity index (χ0v) is 15.3. The molecular weight excluding hydrogens is 340 g/mol. The molecule has 2 N–H and O–H groups in total. The number of hydrazone groups is 1. The molecule has 0 aliphatic carbocycles. The van der Waals surface area contributed by atoms with Crippen LogP contribution in [0.3, 0.4) is 0 Å². The Hall–Kier alpha value is -2.70. The number of fused-ring (bicyclic) bond motifs is 1. The quantitative estimate of drug-likeness (QED) is 0.817. The van der Waals surface area contributed by atoms with Crippen LogP contribution in [0.1, 0.15) is 27.0 Å². The molecule has 1 fully saturated rings. The van der Waals surface area contributed by atoms with Crippen LogP contribution in [0.25, 0.3) is 0 Å². The van der Waals surface area contributed by atoms with Crippen molar-refractivity contribution in [1.82, 2.24) is 10.3 Å². The Balaban J connectivity index is 1.38. The van der Waals surface area contributed by atoms with Crippen molar-refractivity contribution in [1.29, 1.82) is 0 Å². The van der Waals surface area contributed by atoms with E-state index in [1.165, 1.54) is 11.1 Å². The molecule has 0 spiro atoms. The summed E-state index contributed by atoms with van der Waals surface area (Å²) in [7, 11) is 0. The highest BCUT2D eigenvalue weighted by Gasteiger charge is 2.11. The predicted molar refractivity (Wildman–Crippen MR) is 106 cm³/mol. The molecule has 6 heteroatoms. The summed E-state index contributed by atoms with van der Waals surface area (Å²) >= 11 is 0. The van der Waals surface area contributed by atoms with Crippen molar-refractivity contribution in [2.24, 2.45) is 5.10 Å². The Kier molecular flexibility index (Phi) is 5.46. The highest BCUT2D eigenvalue weighted by atomic mass is 16.5. The average molecular weight is 364 g/mol. The Labute approximate surface area is 159 Å². The molecule has 0 bridgehead atoms. The van der Waals surface area contributed by atoms with E-state index in [1.54, 1.807) is 0 Å². The van der Waals surface area contributed by atoms with E-state index in [2.05, 4.69) is 27.9 Å². The number of nitrogens with zero attached hydrogens (tertiary/aromatic N) is 2. The summed E-state index contributed by atoms with van der Waals surface area (Å²) in [5, 5.41) is 12.8. The van der Waals surface area contributed by atoms with Crippen molar-refractivity contribution >= 4 is 17.8 Å². The molecule has 2 aromatic carbocycles. The second-order valence-electron chi connectivity index (χ2n) is 6.80. The van der Waals surface area contributed by atoms with E-state index in [4.69, 9.17) is 4.74 Å². The van der Waals surface area contributed by atoms with Crippen LogP contribution in [0.2, 0.25) is 0 Å². The van der Waals surface area contributed by atoms with Crippen LogP contribution in [-0.2, 0) is 17.7 Å². The number of anilines is 1. The lowest BCUT2D eigenvalue weighted by Crippen LogP contribution is -2.32. The Bertz CT molecular complexity index is 827. The molecule has 27 heavy (non-hydrogen) atoms. The number of ether oxygens (including phenoxy) is 1. The molecular formula is C21H24N4O2. The van der Waals surface area contributed by atoms with E-state index < -0.39 is 0 Å². The second kappa shape index (κ2) is 8.33. The summed E-state index contributed by atoms with van der Waals surface area (Å²) in [5.41, 5.74) is 5.05. The Morgan fingerprint density at radius 2 is 1.93 bits per heavy atom. The number of hydrogen-bond acceptors (Lipinski definition) is 5. The fourth-order valence-corrected chi connectivity index (χ4v) is 3.30. The summed E-state index contributed by atoms with van der Waals surface area (Å²) in [4.78, 5) is 12.5. The lowest BCUT2D eigenvalue weighted by Gasteiger charge is -2.23. The zero-order valence-electron chi connectivity index (χ0n) is 15.3. The lowest BCUT2D eigenvalue weighted by molar-refractivity contribution is 0.0397. The lowest BCUT2D eigenvalue weighted by atomic mass is 10.0. The van der Waals surface area contributed by atoms with Gasteiger partial charge < -0.3 is 15.4 Å². The first-order valence-corrected chi connectivity index (χ1v) is 9.38. The van der Waals surface area contributed by atoms with Gasteiger partial charge in [0.05, 0.1) is 32.5 Å². The Morgan fingerprint density at radius 1 is 1.11 bits per heavy atom. The first kappa shape index (κ1) is 17.7. The minimum atomic E-state index is -0.101. The molecule has 4 rings (SSSR count). The molecule has 0 atom stereocenters. The summed E-state index contributed by atoms with van der Waals surface area (Å²) in [6.45, 7) is 4.93. The highest BCUT2D eigenvalue weighted by Crippen LogP contribution is 2.19. The van der Waals surface area contributed by atoms with Gasteiger partial charge in [-0.15, -0.1) is 0 Å². The van der Waals surface area contributed by atoms with Gasteiger partial charge in [0.2, 0.25) is 0 Å². The van der Waals surface area contributed by atoms with Crippen molar-refractivity contribution in [3.05, 3.63) is 64.7 Å². The molecule has 140 valence electrons. The molecule has 0 saturated carbocycles. The van der Waals surface area contributed by atoms with Gasteiger partial charge in [-0.1, -0.05) is 18.2 Å². The number of rotatable bonds is 4. The molecule has 1 amide bonds. The molecule has 6 nitrogen and oxygen atoms in total. The third kappa shape index (κ3) is 4.53. The van der Waals surface area contributed by atoms with Gasteiger partial charge in [0.25, 0.3) is 5.91 Å². The molecule has 2 aliphatic rings.